The van der Waals surface area contributed by atoms with Gasteiger partial charge in [0.1, 0.15) is 0 Å². The van der Waals surface area contributed by atoms with Crippen LogP contribution in [0.25, 0.3) is 0 Å². The molecular weight excluding hydrogens is 132 g/mol. The molecule has 10 heavy (non-hydrogen) atoms. The number of carbonyl (C=O) groups excluding carboxylic acids is 2. The monoisotopic (exact) mass is 144 g/mol. The van der Waals surface area contributed by atoms with Gasteiger partial charge in [0, 0.05) is 6.05 Å². The molecule has 54 valence electrons. The normalized spacial score (nSPS) is 10.8. The van der Waals surface area contributed by atoms with Crippen molar-refractivity contribution in [2.45, 2.75) is 0 Å². The molecule has 3 nitrogen and oxygen atoms in total. The Morgan fingerprint density at radius 3 is 2.50 bits per heavy atom. The topological polar surface area (TPSA) is 43.4 Å². The highest BCUT2D eigenvalue weighted by Gasteiger charge is 1.98. The quantitative estimate of drug-likeness (QED) is 0.425. The van der Waals surface area contributed by atoms with E-state index in [2.05, 4.69) is 17.9 Å². The summed E-state index contributed by atoms with van der Waals surface area (Å²) in [5, 5.41) is 0. The number of rotatable bonds is 4. The molecule has 0 spiro atoms. The van der Waals surface area contributed by atoms with Crippen LogP contribution in [0.1, 0.15) is 2.74 Å². The molecule has 0 rings (SSSR count). The summed E-state index contributed by atoms with van der Waals surface area (Å²) < 4.78 is 17.7. The van der Waals surface area contributed by atoms with Crippen LogP contribution in [0.4, 0.5) is 0 Å². The molecule has 0 atom stereocenters. The summed E-state index contributed by atoms with van der Waals surface area (Å²) in [4.78, 5) is 21.1. The van der Waals surface area contributed by atoms with Gasteiger partial charge in [0.2, 0.25) is 0 Å². The van der Waals surface area contributed by atoms with Gasteiger partial charge in [-0.3, -0.25) is 4.79 Å². The van der Waals surface area contributed by atoms with Gasteiger partial charge in [0.05, 0.1) is 2.74 Å². The molecule has 0 aliphatic carbocycles. The highest BCUT2D eigenvalue weighted by molar-refractivity contribution is 5.92. The van der Waals surface area contributed by atoms with Crippen LogP contribution in [0.3, 0.4) is 0 Å². The van der Waals surface area contributed by atoms with E-state index in [1.54, 1.807) is 0 Å². The third kappa shape index (κ3) is 3.60. The number of hydrogen-bond acceptors (Lipinski definition) is 3. The lowest BCUT2D eigenvalue weighted by Crippen LogP contribution is -2.09. The molecule has 3 heteroatoms. The smallest absolute Gasteiger partial charge is 0.330 e. The van der Waals surface area contributed by atoms with Crippen molar-refractivity contribution in [3.8, 4) is 0 Å². The van der Waals surface area contributed by atoms with Crippen LogP contribution in [-0.2, 0) is 14.3 Å². The van der Waals surface area contributed by atoms with E-state index in [1.807, 2.05) is 0 Å². The first-order valence-corrected chi connectivity index (χ1v) is 2.46. The molecule has 0 aliphatic rings. The summed E-state index contributed by atoms with van der Waals surface area (Å²) in [5.41, 5.74) is 0. The first-order chi connectivity index (χ1) is 5.45. The van der Waals surface area contributed by atoms with Gasteiger partial charge in [-0.2, -0.15) is 0 Å². The van der Waals surface area contributed by atoms with Crippen molar-refractivity contribution in [2.24, 2.45) is 0 Å². The molecule has 0 aromatic rings. The number of carbonyl (C=O) groups is 2. The lowest BCUT2D eigenvalue weighted by atomic mass is 10.4. The summed E-state index contributed by atoms with van der Waals surface area (Å²) in [6.07, 6.45) is 0. The van der Waals surface area contributed by atoms with Crippen molar-refractivity contribution in [1.82, 2.24) is 0 Å². The van der Waals surface area contributed by atoms with Gasteiger partial charge in [-0.1, -0.05) is 13.2 Å². The van der Waals surface area contributed by atoms with Crippen LogP contribution >= 0.6 is 0 Å². The summed E-state index contributed by atoms with van der Waals surface area (Å²) >= 11 is 0. The van der Waals surface area contributed by atoms with E-state index in [1.165, 1.54) is 0 Å². The summed E-state index contributed by atoms with van der Waals surface area (Å²) in [7, 11) is 0. The fourth-order valence-corrected chi connectivity index (χ4v) is 0.233. The van der Waals surface area contributed by atoms with Crippen molar-refractivity contribution in [3.05, 3.63) is 25.3 Å². The van der Waals surface area contributed by atoms with Crippen LogP contribution in [0.2, 0.25) is 0 Å². The van der Waals surface area contributed by atoms with Gasteiger partial charge < -0.3 is 4.74 Å². The van der Waals surface area contributed by atoms with Crippen molar-refractivity contribution in [3.63, 3.8) is 0 Å². The van der Waals surface area contributed by atoms with Gasteiger partial charge in [-0.15, -0.1) is 0 Å². The zero-order valence-electron chi connectivity index (χ0n) is 7.35. The molecule has 0 heterocycles. The molecule has 0 saturated heterocycles. The fourth-order valence-electron chi connectivity index (χ4n) is 0.233. The van der Waals surface area contributed by atoms with E-state index in [0.717, 1.165) is 0 Å². The lowest BCUT2D eigenvalue weighted by molar-refractivity contribution is -0.141. The number of ether oxygens (including phenoxy) is 1. The summed E-state index contributed by atoms with van der Waals surface area (Å²) in [5.74, 6) is -1.66. The molecule has 0 radical (unpaired) electrons. The van der Waals surface area contributed by atoms with Gasteiger partial charge in [0.15, 0.2) is 12.4 Å². The van der Waals surface area contributed by atoms with E-state index in [-0.39, 0.29) is 0 Å². The van der Waals surface area contributed by atoms with Crippen LogP contribution in [-0.4, -0.2) is 18.4 Å². The molecule has 0 amide bonds. The predicted octanol–water partition coefficient (Wildman–Crippen LogP) is 0.471. The second kappa shape index (κ2) is 4.49. The van der Waals surface area contributed by atoms with E-state index < -0.39 is 30.5 Å². The first kappa shape index (κ1) is 5.41. The van der Waals surface area contributed by atoms with Crippen molar-refractivity contribution in [2.75, 3.05) is 6.61 Å². The van der Waals surface area contributed by atoms with E-state index in [4.69, 9.17) is 2.74 Å². The maximum absolute atomic E-state index is 10.6. The molecule has 0 aromatic heterocycles. The van der Waals surface area contributed by atoms with E-state index in [9.17, 15) is 9.59 Å². The molecule has 0 saturated carbocycles. The minimum Gasteiger partial charge on any atom is -0.454 e. The van der Waals surface area contributed by atoms with Gasteiger partial charge >= 0.3 is 5.97 Å². The maximum Gasteiger partial charge on any atom is 0.330 e. The molecular formula is C7H8O3. The Labute approximate surface area is 61.8 Å². The highest BCUT2D eigenvalue weighted by atomic mass is 16.5. The van der Waals surface area contributed by atoms with Crippen LogP contribution in [0, 0.1) is 0 Å². The van der Waals surface area contributed by atoms with Crippen molar-refractivity contribution >= 4 is 11.8 Å². The molecule has 0 aliphatic heterocycles. The minimum absolute atomic E-state index is 0.432. The lowest BCUT2D eigenvalue weighted by Gasteiger charge is -1.95. The van der Waals surface area contributed by atoms with E-state index in [0.29, 0.717) is 0 Å². The molecule has 0 fully saturated rings. The van der Waals surface area contributed by atoms with Crippen molar-refractivity contribution < 1.29 is 17.1 Å². The minimum atomic E-state index is -0.968. The number of hydrogen-bond donors (Lipinski definition) is 0. The summed E-state index contributed by atoms with van der Waals surface area (Å²) in [6, 6.07) is -0.961. The number of esters is 1. The molecule has 0 unspecified atom stereocenters. The number of ketones is 1. The third-order valence-corrected chi connectivity index (χ3v) is 0.676. The Hall–Kier alpha value is -1.38. The second-order valence-corrected chi connectivity index (χ2v) is 1.35. The maximum atomic E-state index is 10.6. The largest absolute Gasteiger partial charge is 0.454 e. The van der Waals surface area contributed by atoms with Crippen LogP contribution in [0.15, 0.2) is 25.3 Å². The highest BCUT2D eigenvalue weighted by Crippen LogP contribution is 1.80. The van der Waals surface area contributed by atoms with Gasteiger partial charge in [-0.05, 0) is 6.05 Å². The first-order valence-electron chi connectivity index (χ1n) is 3.46. The van der Waals surface area contributed by atoms with Crippen molar-refractivity contribution in [1.29, 1.82) is 0 Å². The average molecular weight is 144 g/mol. The Morgan fingerprint density at radius 1 is 1.50 bits per heavy atom. The van der Waals surface area contributed by atoms with Gasteiger partial charge in [-0.25, -0.2) is 4.79 Å². The van der Waals surface area contributed by atoms with Crippen LogP contribution < -0.4 is 0 Å². The molecule has 0 N–H and O–H groups in total. The van der Waals surface area contributed by atoms with Gasteiger partial charge in [0.25, 0.3) is 0 Å². The fraction of sp³-hybridized carbons (Fsp3) is 0.143. The molecule has 0 aromatic carbocycles. The Bertz CT molecular complexity index is 219. The predicted molar refractivity (Wildman–Crippen MR) is 36.4 cm³/mol. The second-order valence-electron chi connectivity index (χ2n) is 1.35. The SMILES string of the molecule is [3H]C(=C)C(=O)COC(=O)C([3H])=C. The van der Waals surface area contributed by atoms with E-state index >= 15 is 0 Å². The molecule has 0 bridgehead atoms. The Kier molecular flexibility index (Phi) is 2.43. The zero-order chi connectivity index (χ0) is 9.72. The summed E-state index contributed by atoms with van der Waals surface area (Å²) in [6.45, 7) is 5.47. The Balaban J connectivity index is 3.85. The third-order valence-electron chi connectivity index (χ3n) is 0.676. The standard InChI is InChI=1S/C7H8O3/c1-3-6(8)5-10-7(9)4-2/h3-4H,1-2,5H2/i3T,4T. The average Bonchev–Trinajstić information content (AvgIpc) is 1.98. The Morgan fingerprint density at radius 2 is 2.10 bits per heavy atom. The van der Waals surface area contributed by atoms with Crippen LogP contribution in [0.5, 0.6) is 0 Å². The zero-order valence-corrected chi connectivity index (χ0v) is 5.35.